The zero-order chi connectivity index (χ0) is 14.9. The van der Waals surface area contributed by atoms with Crippen LogP contribution >= 0.6 is 0 Å². The van der Waals surface area contributed by atoms with Gasteiger partial charge in [0.15, 0.2) is 0 Å². The van der Waals surface area contributed by atoms with E-state index in [1.165, 1.54) is 18.2 Å². The van der Waals surface area contributed by atoms with Crippen LogP contribution in [0.5, 0.6) is 0 Å². The molecular formula is C14H12O6. The maximum Gasteiger partial charge on any atom is 0.345 e. The standard InChI is InChI=1S/C14H12O6/c1-7-10(14(19)20-11(7)13(17)18)6-8-2-4-9(5-3-8)12(15)16/h2-7,11H,1H3,(H,15,16)(H,17,18)/b10-6-. The topological polar surface area (TPSA) is 101 Å². The molecule has 1 fully saturated rings. The van der Waals surface area contributed by atoms with Crippen LogP contribution in [0.15, 0.2) is 29.8 Å². The molecule has 0 spiro atoms. The van der Waals surface area contributed by atoms with Gasteiger partial charge in [-0.2, -0.15) is 0 Å². The van der Waals surface area contributed by atoms with Crippen molar-refractivity contribution in [3.8, 4) is 0 Å². The summed E-state index contributed by atoms with van der Waals surface area (Å²) in [5.41, 5.74) is 1.01. The summed E-state index contributed by atoms with van der Waals surface area (Å²) in [6.45, 7) is 1.60. The molecular weight excluding hydrogens is 264 g/mol. The lowest BCUT2D eigenvalue weighted by molar-refractivity contribution is -0.157. The highest BCUT2D eigenvalue weighted by Gasteiger charge is 2.41. The summed E-state index contributed by atoms with van der Waals surface area (Å²) in [5.74, 6) is -3.44. The lowest BCUT2D eigenvalue weighted by atomic mass is 9.96. The predicted molar refractivity (Wildman–Crippen MR) is 68.1 cm³/mol. The van der Waals surface area contributed by atoms with Crippen molar-refractivity contribution < 1.29 is 29.3 Å². The van der Waals surface area contributed by atoms with Crippen molar-refractivity contribution in [2.75, 3.05) is 0 Å². The van der Waals surface area contributed by atoms with Crippen LogP contribution in [0.3, 0.4) is 0 Å². The van der Waals surface area contributed by atoms with Crippen molar-refractivity contribution in [1.29, 1.82) is 0 Å². The molecule has 2 N–H and O–H groups in total. The van der Waals surface area contributed by atoms with Crippen LogP contribution < -0.4 is 0 Å². The van der Waals surface area contributed by atoms with E-state index in [1.54, 1.807) is 19.1 Å². The van der Waals surface area contributed by atoms with Crippen LogP contribution in [-0.4, -0.2) is 34.2 Å². The Morgan fingerprint density at radius 1 is 1.20 bits per heavy atom. The second kappa shape index (κ2) is 5.16. The fourth-order valence-electron chi connectivity index (χ4n) is 1.99. The van der Waals surface area contributed by atoms with E-state index < -0.39 is 29.9 Å². The Hall–Kier alpha value is -2.63. The maximum atomic E-state index is 11.6. The summed E-state index contributed by atoms with van der Waals surface area (Å²) < 4.78 is 4.78. The van der Waals surface area contributed by atoms with Gasteiger partial charge in [0.05, 0.1) is 5.56 Å². The van der Waals surface area contributed by atoms with E-state index in [1.807, 2.05) is 0 Å². The van der Waals surface area contributed by atoms with E-state index >= 15 is 0 Å². The van der Waals surface area contributed by atoms with Crippen molar-refractivity contribution >= 4 is 24.0 Å². The van der Waals surface area contributed by atoms with Gasteiger partial charge < -0.3 is 14.9 Å². The Balaban J connectivity index is 2.28. The minimum Gasteiger partial charge on any atom is -0.478 e. The minimum absolute atomic E-state index is 0.137. The first kappa shape index (κ1) is 13.8. The highest BCUT2D eigenvalue weighted by molar-refractivity contribution is 5.99. The number of hydrogen-bond acceptors (Lipinski definition) is 4. The fraction of sp³-hybridized carbons (Fsp3) is 0.214. The monoisotopic (exact) mass is 276 g/mol. The first-order valence-electron chi connectivity index (χ1n) is 5.89. The van der Waals surface area contributed by atoms with Gasteiger partial charge in [0, 0.05) is 11.5 Å². The molecule has 1 heterocycles. The molecule has 6 heteroatoms. The second-order valence-corrected chi connectivity index (χ2v) is 4.48. The average Bonchev–Trinajstić information content (AvgIpc) is 2.67. The quantitative estimate of drug-likeness (QED) is 0.639. The molecule has 1 saturated heterocycles. The minimum atomic E-state index is -1.18. The largest absolute Gasteiger partial charge is 0.478 e. The molecule has 0 saturated carbocycles. The van der Waals surface area contributed by atoms with Crippen molar-refractivity contribution in [1.82, 2.24) is 0 Å². The summed E-state index contributed by atoms with van der Waals surface area (Å²) in [6, 6.07) is 5.91. The van der Waals surface area contributed by atoms with Crippen LogP contribution in [0.25, 0.3) is 6.08 Å². The lowest BCUT2D eigenvalue weighted by Crippen LogP contribution is -2.24. The van der Waals surface area contributed by atoms with Crippen LogP contribution in [0.1, 0.15) is 22.8 Å². The summed E-state index contributed by atoms with van der Waals surface area (Å²) >= 11 is 0. The molecule has 0 radical (unpaired) electrons. The van der Waals surface area contributed by atoms with Crippen molar-refractivity contribution in [3.05, 3.63) is 41.0 Å². The number of hydrogen-bond donors (Lipinski definition) is 2. The van der Waals surface area contributed by atoms with Gasteiger partial charge in [0.2, 0.25) is 6.10 Å². The number of cyclic esters (lactones) is 1. The van der Waals surface area contributed by atoms with Gasteiger partial charge in [-0.15, -0.1) is 0 Å². The SMILES string of the molecule is CC1/C(=C/c2ccc(C(=O)O)cc2)C(=O)OC1C(=O)O. The molecule has 2 unspecified atom stereocenters. The van der Waals surface area contributed by atoms with Gasteiger partial charge in [-0.25, -0.2) is 14.4 Å². The second-order valence-electron chi connectivity index (χ2n) is 4.48. The third-order valence-corrected chi connectivity index (χ3v) is 3.14. The number of aliphatic carboxylic acids is 1. The number of ether oxygens (including phenoxy) is 1. The normalized spacial score (nSPS) is 23.6. The zero-order valence-corrected chi connectivity index (χ0v) is 10.6. The lowest BCUT2D eigenvalue weighted by Gasteiger charge is -2.07. The molecule has 1 aromatic carbocycles. The summed E-state index contributed by atoms with van der Waals surface area (Å²) in [4.78, 5) is 33.3. The number of benzene rings is 1. The average molecular weight is 276 g/mol. The number of carbonyl (C=O) groups excluding carboxylic acids is 1. The Bertz CT molecular complexity index is 599. The van der Waals surface area contributed by atoms with Gasteiger partial charge in [0.25, 0.3) is 0 Å². The molecule has 1 aliphatic heterocycles. The number of rotatable bonds is 3. The number of aromatic carboxylic acids is 1. The number of carboxylic acids is 2. The third kappa shape index (κ3) is 2.54. The molecule has 2 atom stereocenters. The molecule has 104 valence electrons. The first-order chi connectivity index (χ1) is 9.40. The van der Waals surface area contributed by atoms with Gasteiger partial charge in [-0.1, -0.05) is 19.1 Å². The van der Waals surface area contributed by atoms with Crippen LogP contribution in [-0.2, 0) is 14.3 Å². The van der Waals surface area contributed by atoms with E-state index in [0.717, 1.165) is 0 Å². The predicted octanol–water partition coefficient (Wildman–Crippen LogP) is 1.41. The molecule has 1 aromatic rings. The van der Waals surface area contributed by atoms with Gasteiger partial charge >= 0.3 is 17.9 Å². The van der Waals surface area contributed by atoms with Crippen molar-refractivity contribution in [2.24, 2.45) is 5.92 Å². The molecule has 2 rings (SSSR count). The van der Waals surface area contributed by atoms with Gasteiger partial charge in [0.1, 0.15) is 0 Å². The Morgan fingerprint density at radius 2 is 1.80 bits per heavy atom. The molecule has 0 aliphatic carbocycles. The van der Waals surface area contributed by atoms with E-state index in [9.17, 15) is 14.4 Å². The Morgan fingerprint density at radius 3 is 2.25 bits per heavy atom. The van der Waals surface area contributed by atoms with Crippen LogP contribution in [0.2, 0.25) is 0 Å². The number of carbonyl (C=O) groups is 3. The molecule has 6 nitrogen and oxygen atoms in total. The highest BCUT2D eigenvalue weighted by Crippen LogP contribution is 2.29. The Kier molecular flexibility index (Phi) is 3.56. The highest BCUT2D eigenvalue weighted by atomic mass is 16.6. The summed E-state index contributed by atoms with van der Waals surface area (Å²) in [5, 5.41) is 17.7. The molecule has 0 aromatic heterocycles. The van der Waals surface area contributed by atoms with E-state index in [4.69, 9.17) is 14.9 Å². The number of carboxylic acid groups (broad SMARTS) is 2. The van der Waals surface area contributed by atoms with Crippen molar-refractivity contribution in [2.45, 2.75) is 13.0 Å². The number of esters is 1. The van der Waals surface area contributed by atoms with E-state index in [-0.39, 0.29) is 11.1 Å². The molecule has 20 heavy (non-hydrogen) atoms. The Labute approximate surface area is 114 Å². The van der Waals surface area contributed by atoms with Crippen LogP contribution in [0.4, 0.5) is 0 Å². The molecule has 0 bridgehead atoms. The maximum absolute atomic E-state index is 11.6. The zero-order valence-electron chi connectivity index (χ0n) is 10.6. The van der Waals surface area contributed by atoms with Crippen molar-refractivity contribution in [3.63, 3.8) is 0 Å². The van der Waals surface area contributed by atoms with Gasteiger partial charge in [-0.3, -0.25) is 0 Å². The smallest absolute Gasteiger partial charge is 0.345 e. The summed E-state index contributed by atoms with van der Waals surface area (Å²) in [6.07, 6.45) is 0.341. The fourth-order valence-corrected chi connectivity index (χ4v) is 1.99. The third-order valence-electron chi connectivity index (χ3n) is 3.14. The summed E-state index contributed by atoms with van der Waals surface area (Å²) in [7, 11) is 0. The van der Waals surface area contributed by atoms with Gasteiger partial charge in [-0.05, 0) is 23.8 Å². The van der Waals surface area contributed by atoms with E-state index in [0.29, 0.717) is 5.56 Å². The molecule has 0 amide bonds. The van der Waals surface area contributed by atoms with Crippen LogP contribution in [0, 0.1) is 5.92 Å². The first-order valence-corrected chi connectivity index (χ1v) is 5.89. The van der Waals surface area contributed by atoms with E-state index in [2.05, 4.69) is 0 Å². The molecule has 1 aliphatic rings.